The molecule has 1 heterocycles. The largest absolute Gasteiger partial charge is 0.493 e. The van der Waals surface area contributed by atoms with E-state index >= 15 is 0 Å². The van der Waals surface area contributed by atoms with E-state index in [2.05, 4.69) is 10.3 Å². The summed E-state index contributed by atoms with van der Waals surface area (Å²) in [4.78, 5) is 10.8. The van der Waals surface area contributed by atoms with E-state index in [0.717, 1.165) is 0 Å². The Morgan fingerprint density at radius 2 is 2.30 bits per heavy atom. The summed E-state index contributed by atoms with van der Waals surface area (Å²) in [5.74, 6) is -0.975. The van der Waals surface area contributed by atoms with Gasteiger partial charge in [-0.2, -0.15) is 0 Å². The van der Waals surface area contributed by atoms with Crippen LogP contribution in [0.1, 0.15) is 22.6 Å². The molecule has 0 radical (unpaired) electrons. The van der Waals surface area contributed by atoms with Crippen LogP contribution in [0.3, 0.4) is 0 Å². The quantitative estimate of drug-likeness (QED) is 0.817. The van der Waals surface area contributed by atoms with E-state index in [1.807, 2.05) is 0 Å². The molecular formula is C13H14FN3O3. The second-order valence-corrected chi connectivity index (χ2v) is 4.21. The zero-order chi connectivity index (χ0) is 14.5. The number of aromatic nitrogens is 3. The lowest BCUT2D eigenvalue weighted by atomic mass is 10.3. The maximum absolute atomic E-state index is 12.9. The van der Waals surface area contributed by atoms with Crippen LogP contribution in [0.15, 0.2) is 24.3 Å². The number of ether oxygens (including phenoxy) is 1. The number of halogens is 1. The summed E-state index contributed by atoms with van der Waals surface area (Å²) in [6.07, 6.45) is 0.611. The summed E-state index contributed by atoms with van der Waals surface area (Å²) in [7, 11) is 0. The van der Waals surface area contributed by atoms with Gasteiger partial charge in [-0.1, -0.05) is 11.3 Å². The summed E-state index contributed by atoms with van der Waals surface area (Å²) in [5.41, 5.74) is 0.458. The maximum Gasteiger partial charge on any atom is 0.358 e. The third kappa shape index (κ3) is 3.31. The van der Waals surface area contributed by atoms with E-state index in [-0.39, 0.29) is 11.5 Å². The van der Waals surface area contributed by atoms with Gasteiger partial charge in [0.05, 0.1) is 12.3 Å². The Morgan fingerprint density at radius 3 is 2.95 bits per heavy atom. The summed E-state index contributed by atoms with van der Waals surface area (Å²) < 4.78 is 19.8. The molecule has 20 heavy (non-hydrogen) atoms. The smallest absolute Gasteiger partial charge is 0.358 e. The van der Waals surface area contributed by atoms with Gasteiger partial charge in [-0.05, 0) is 19.1 Å². The van der Waals surface area contributed by atoms with Crippen LogP contribution < -0.4 is 4.74 Å². The van der Waals surface area contributed by atoms with Gasteiger partial charge in [0.1, 0.15) is 11.6 Å². The molecule has 0 aliphatic heterocycles. The molecule has 0 fully saturated rings. The minimum Gasteiger partial charge on any atom is -0.493 e. The zero-order valence-corrected chi connectivity index (χ0v) is 10.9. The van der Waals surface area contributed by atoms with Crippen molar-refractivity contribution in [2.24, 2.45) is 0 Å². The van der Waals surface area contributed by atoms with Gasteiger partial charge in [0.2, 0.25) is 0 Å². The van der Waals surface area contributed by atoms with E-state index < -0.39 is 5.97 Å². The predicted octanol–water partition coefficient (Wildman–Crippen LogP) is 1.89. The molecule has 106 valence electrons. The number of carboxylic acid groups (broad SMARTS) is 1. The normalized spacial score (nSPS) is 10.5. The molecule has 0 unspecified atom stereocenters. The number of benzene rings is 1. The lowest BCUT2D eigenvalue weighted by Crippen LogP contribution is -2.08. The van der Waals surface area contributed by atoms with Crippen molar-refractivity contribution in [3.63, 3.8) is 0 Å². The van der Waals surface area contributed by atoms with Crippen molar-refractivity contribution in [1.29, 1.82) is 0 Å². The second-order valence-electron chi connectivity index (χ2n) is 4.21. The van der Waals surface area contributed by atoms with Gasteiger partial charge in [-0.25, -0.2) is 13.9 Å². The molecule has 2 aromatic rings. The molecule has 0 bridgehead atoms. The molecule has 1 aromatic carbocycles. The van der Waals surface area contributed by atoms with E-state index in [9.17, 15) is 9.18 Å². The third-order valence-electron chi connectivity index (χ3n) is 2.76. The molecule has 2 rings (SSSR count). The molecule has 0 spiro atoms. The highest BCUT2D eigenvalue weighted by Crippen LogP contribution is 2.12. The predicted molar refractivity (Wildman–Crippen MR) is 68.2 cm³/mol. The van der Waals surface area contributed by atoms with Crippen molar-refractivity contribution >= 4 is 5.97 Å². The molecule has 1 aromatic heterocycles. The van der Waals surface area contributed by atoms with Gasteiger partial charge in [0.25, 0.3) is 0 Å². The SMILES string of the molecule is Cc1c(C(=O)O)nnn1CCCOc1cccc(F)c1. The zero-order valence-electron chi connectivity index (χ0n) is 10.9. The van der Waals surface area contributed by atoms with Gasteiger partial charge in [0.15, 0.2) is 5.69 Å². The van der Waals surface area contributed by atoms with Crippen LogP contribution >= 0.6 is 0 Å². The van der Waals surface area contributed by atoms with Crippen molar-refractivity contribution in [2.75, 3.05) is 6.61 Å². The first-order valence-corrected chi connectivity index (χ1v) is 6.09. The molecule has 1 N–H and O–H groups in total. The van der Waals surface area contributed by atoms with Gasteiger partial charge in [-0.15, -0.1) is 5.10 Å². The summed E-state index contributed by atoms with van der Waals surface area (Å²) in [5, 5.41) is 16.2. The van der Waals surface area contributed by atoms with Crippen molar-refractivity contribution in [2.45, 2.75) is 19.9 Å². The average Bonchev–Trinajstić information content (AvgIpc) is 2.76. The van der Waals surface area contributed by atoms with Gasteiger partial charge < -0.3 is 9.84 Å². The second kappa shape index (κ2) is 6.14. The van der Waals surface area contributed by atoms with Crippen LogP contribution in [0.5, 0.6) is 5.75 Å². The highest BCUT2D eigenvalue weighted by molar-refractivity contribution is 5.86. The molecular weight excluding hydrogens is 265 g/mol. The molecule has 0 saturated heterocycles. The topological polar surface area (TPSA) is 77.2 Å². The number of carbonyl (C=O) groups is 1. The fraction of sp³-hybridized carbons (Fsp3) is 0.308. The van der Waals surface area contributed by atoms with Crippen LogP contribution in [0.4, 0.5) is 4.39 Å². The first-order chi connectivity index (χ1) is 9.58. The monoisotopic (exact) mass is 279 g/mol. The number of hydrogen-bond donors (Lipinski definition) is 1. The fourth-order valence-electron chi connectivity index (χ4n) is 1.73. The van der Waals surface area contributed by atoms with Crippen molar-refractivity contribution in [3.8, 4) is 5.75 Å². The summed E-state index contributed by atoms with van der Waals surface area (Å²) >= 11 is 0. The Morgan fingerprint density at radius 1 is 1.50 bits per heavy atom. The number of aromatic carboxylic acids is 1. The molecule has 0 aliphatic rings. The molecule has 0 amide bonds. The Hall–Kier alpha value is -2.44. The Kier molecular flexibility index (Phi) is 4.29. The number of hydrogen-bond acceptors (Lipinski definition) is 4. The van der Waals surface area contributed by atoms with Gasteiger partial charge in [0, 0.05) is 19.0 Å². The third-order valence-corrected chi connectivity index (χ3v) is 2.76. The van der Waals surface area contributed by atoms with Crippen LogP contribution in [-0.2, 0) is 6.54 Å². The lowest BCUT2D eigenvalue weighted by molar-refractivity contribution is 0.0689. The molecule has 7 heteroatoms. The summed E-state index contributed by atoms with van der Waals surface area (Å²) in [6, 6.07) is 5.90. The van der Waals surface area contributed by atoms with Crippen LogP contribution in [0.2, 0.25) is 0 Å². The Bertz CT molecular complexity index is 613. The first kappa shape index (κ1) is 14.0. The highest BCUT2D eigenvalue weighted by atomic mass is 19.1. The summed E-state index contributed by atoms with van der Waals surface area (Å²) in [6.45, 7) is 2.52. The van der Waals surface area contributed by atoms with Crippen LogP contribution in [0.25, 0.3) is 0 Å². The van der Waals surface area contributed by atoms with Crippen molar-refractivity contribution in [3.05, 3.63) is 41.5 Å². The van der Waals surface area contributed by atoms with E-state index in [1.165, 1.54) is 16.8 Å². The first-order valence-electron chi connectivity index (χ1n) is 6.09. The van der Waals surface area contributed by atoms with Crippen molar-refractivity contribution in [1.82, 2.24) is 15.0 Å². The highest BCUT2D eigenvalue weighted by Gasteiger charge is 2.14. The number of aryl methyl sites for hydroxylation is 1. The van der Waals surface area contributed by atoms with E-state index in [1.54, 1.807) is 19.1 Å². The Balaban J connectivity index is 1.83. The minimum atomic E-state index is -1.09. The van der Waals surface area contributed by atoms with Gasteiger partial charge in [-0.3, -0.25) is 0 Å². The molecule has 0 atom stereocenters. The fourth-order valence-corrected chi connectivity index (χ4v) is 1.73. The molecule has 0 aliphatic carbocycles. The van der Waals surface area contributed by atoms with E-state index in [4.69, 9.17) is 9.84 Å². The molecule has 6 nitrogen and oxygen atoms in total. The minimum absolute atomic E-state index is 0.0453. The molecule has 0 saturated carbocycles. The van der Waals surface area contributed by atoms with E-state index in [0.29, 0.717) is 31.0 Å². The van der Waals surface area contributed by atoms with Gasteiger partial charge >= 0.3 is 5.97 Å². The average molecular weight is 279 g/mol. The van der Waals surface area contributed by atoms with Crippen LogP contribution in [-0.4, -0.2) is 32.7 Å². The Labute approximate surface area is 114 Å². The number of carboxylic acids is 1. The van der Waals surface area contributed by atoms with Crippen LogP contribution in [0, 0.1) is 12.7 Å². The maximum atomic E-state index is 12.9. The lowest BCUT2D eigenvalue weighted by Gasteiger charge is -2.06. The number of rotatable bonds is 6. The standard InChI is InChI=1S/C13H14FN3O3/c1-9-12(13(18)19)15-16-17(9)6-3-7-20-11-5-2-4-10(14)8-11/h2,4-5,8H,3,6-7H2,1H3,(H,18,19). The van der Waals surface area contributed by atoms with Crippen molar-refractivity contribution < 1.29 is 19.0 Å². The number of nitrogens with zero attached hydrogens (tertiary/aromatic N) is 3.